The van der Waals surface area contributed by atoms with Crippen molar-refractivity contribution in [3.05, 3.63) is 78.4 Å². The van der Waals surface area contributed by atoms with E-state index in [4.69, 9.17) is 14.2 Å². The maximum absolute atomic E-state index is 10.2. The highest BCUT2D eigenvalue weighted by Crippen LogP contribution is 2.27. The lowest BCUT2D eigenvalue weighted by molar-refractivity contribution is -0.660. The van der Waals surface area contributed by atoms with Gasteiger partial charge in [-0.05, 0) is 41.0 Å². The molecule has 5 heteroatoms. The second-order valence-corrected chi connectivity index (χ2v) is 7.11. The van der Waals surface area contributed by atoms with Crippen LogP contribution < -0.4 is 19.5 Å². The highest BCUT2D eigenvalue weighted by molar-refractivity contribution is 5.63. The first-order valence-corrected chi connectivity index (χ1v) is 10.2. The topological polar surface area (TPSA) is 64.5 Å². The Morgan fingerprint density at radius 2 is 1.53 bits per heavy atom. The molecule has 1 atom stereocenters. The molecule has 0 saturated heterocycles. The summed E-state index contributed by atoms with van der Waals surface area (Å²) in [5, 5.41) is 12.3. The average Bonchev–Trinajstić information content (AvgIpc) is 2.81. The van der Waals surface area contributed by atoms with Gasteiger partial charge in [0, 0.05) is 6.42 Å². The maximum Gasteiger partial charge on any atom is 0.160 e. The number of ether oxygens (including phenoxy) is 3. The van der Waals surface area contributed by atoms with Crippen molar-refractivity contribution in [1.29, 1.82) is 0 Å². The molecule has 0 saturated carbocycles. The van der Waals surface area contributed by atoms with Crippen LogP contribution >= 0.6 is 0 Å². The molecular weight excluding hydrogens is 378 g/mol. The van der Waals surface area contributed by atoms with Crippen LogP contribution in [0.1, 0.15) is 5.56 Å². The number of nitrogens with two attached hydrogens (primary N) is 1. The molecule has 0 amide bonds. The van der Waals surface area contributed by atoms with Gasteiger partial charge in [-0.2, -0.15) is 0 Å². The molecule has 5 nitrogen and oxygen atoms in total. The molecule has 0 aliphatic rings. The van der Waals surface area contributed by atoms with Crippen molar-refractivity contribution in [1.82, 2.24) is 0 Å². The van der Waals surface area contributed by atoms with Gasteiger partial charge < -0.3 is 24.6 Å². The van der Waals surface area contributed by atoms with E-state index in [9.17, 15) is 5.11 Å². The molecule has 0 fully saturated rings. The Hall–Kier alpha value is -3.02. The van der Waals surface area contributed by atoms with E-state index in [2.05, 4.69) is 17.4 Å². The van der Waals surface area contributed by atoms with Crippen molar-refractivity contribution < 1.29 is 24.6 Å². The average molecular weight is 409 g/mol. The first kappa shape index (κ1) is 21.7. The standard InChI is InChI=1S/C25H29NO4/c1-28-24-13-8-19(16-25(24)29-2)14-15-26-17-22(27)18-30-23-11-9-21(10-12-23)20-6-4-3-5-7-20/h3-13,16,22,26-27H,14-15,17-18H2,1-2H3/p+1/t22-/m1/s1. The minimum absolute atomic E-state index is 0.275. The van der Waals surface area contributed by atoms with Gasteiger partial charge in [0.2, 0.25) is 0 Å². The van der Waals surface area contributed by atoms with Crippen LogP contribution in [0.15, 0.2) is 72.8 Å². The van der Waals surface area contributed by atoms with E-state index in [1.54, 1.807) is 14.2 Å². The van der Waals surface area contributed by atoms with Gasteiger partial charge >= 0.3 is 0 Å². The molecule has 3 N–H and O–H groups in total. The summed E-state index contributed by atoms with van der Waals surface area (Å²) in [6, 6.07) is 24.1. The van der Waals surface area contributed by atoms with E-state index >= 15 is 0 Å². The smallest absolute Gasteiger partial charge is 0.160 e. The second-order valence-electron chi connectivity index (χ2n) is 7.11. The quantitative estimate of drug-likeness (QED) is 0.479. The van der Waals surface area contributed by atoms with Crippen LogP contribution in [0, 0.1) is 0 Å². The predicted molar refractivity (Wildman–Crippen MR) is 118 cm³/mol. The Kier molecular flexibility index (Phi) is 8.12. The molecule has 0 bridgehead atoms. The Morgan fingerprint density at radius 3 is 2.23 bits per heavy atom. The van der Waals surface area contributed by atoms with Gasteiger partial charge in [0.05, 0.1) is 20.8 Å². The van der Waals surface area contributed by atoms with Crippen molar-refractivity contribution in [3.63, 3.8) is 0 Å². The number of quaternary nitrogens is 1. The minimum Gasteiger partial charge on any atom is -0.493 e. The molecule has 0 radical (unpaired) electrons. The molecule has 3 aromatic rings. The zero-order valence-corrected chi connectivity index (χ0v) is 17.6. The zero-order chi connectivity index (χ0) is 21.2. The normalized spacial score (nSPS) is 11.7. The van der Waals surface area contributed by atoms with Gasteiger partial charge in [-0.25, -0.2) is 0 Å². The molecule has 3 aromatic carbocycles. The molecule has 3 rings (SSSR count). The van der Waals surface area contributed by atoms with Gasteiger partial charge in [-0.1, -0.05) is 48.5 Å². The fraction of sp³-hybridized carbons (Fsp3) is 0.280. The third kappa shape index (κ3) is 6.24. The molecule has 0 unspecified atom stereocenters. The van der Waals surface area contributed by atoms with E-state index < -0.39 is 6.10 Å². The first-order chi connectivity index (χ1) is 14.7. The highest BCUT2D eigenvalue weighted by atomic mass is 16.5. The number of hydrogen-bond acceptors (Lipinski definition) is 4. The molecule has 30 heavy (non-hydrogen) atoms. The summed E-state index contributed by atoms with van der Waals surface area (Å²) in [5.74, 6) is 2.23. The third-order valence-electron chi connectivity index (χ3n) is 4.93. The minimum atomic E-state index is -0.524. The van der Waals surface area contributed by atoms with Crippen molar-refractivity contribution >= 4 is 0 Å². The predicted octanol–water partition coefficient (Wildman–Crippen LogP) is 2.92. The SMILES string of the molecule is COc1ccc(CC[NH2+]C[C@@H](O)COc2ccc(-c3ccccc3)cc2)cc1OC. The summed E-state index contributed by atoms with van der Waals surface area (Å²) in [4.78, 5) is 0. The molecule has 0 aromatic heterocycles. The van der Waals surface area contributed by atoms with E-state index in [0.29, 0.717) is 6.54 Å². The van der Waals surface area contributed by atoms with E-state index in [1.807, 2.05) is 60.7 Å². The monoisotopic (exact) mass is 408 g/mol. The van der Waals surface area contributed by atoms with Gasteiger partial charge in [0.25, 0.3) is 0 Å². The number of benzene rings is 3. The van der Waals surface area contributed by atoms with E-state index in [-0.39, 0.29) is 6.61 Å². The molecular formula is C25H30NO4+. The van der Waals surface area contributed by atoms with Crippen molar-refractivity contribution in [2.24, 2.45) is 0 Å². The Balaban J connectivity index is 1.37. The van der Waals surface area contributed by atoms with Crippen LogP contribution in [-0.2, 0) is 6.42 Å². The second kappa shape index (κ2) is 11.2. The van der Waals surface area contributed by atoms with Crippen LogP contribution in [0.3, 0.4) is 0 Å². The van der Waals surface area contributed by atoms with Crippen molar-refractivity contribution in [2.45, 2.75) is 12.5 Å². The molecule has 0 spiro atoms. The maximum atomic E-state index is 10.2. The van der Waals surface area contributed by atoms with Crippen LogP contribution in [0.4, 0.5) is 0 Å². The first-order valence-electron chi connectivity index (χ1n) is 10.2. The third-order valence-corrected chi connectivity index (χ3v) is 4.93. The summed E-state index contributed by atoms with van der Waals surface area (Å²) in [7, 11) is 3.27. The number of methoxy groups -OCH3 is 2. The summed E-state index contributed by atoms with van der Waals surface area (Å²) in [6.07, 6.45) is 0.360. The van der Waals surface area contributed by atoms with Crippen LogP contribution in [-0.4, -0.2) is 45.1 Å². The van der Waals surface area contributed by atoms with Crippen molar-refractivity contribution in [3.8, 4) is 28.4 Å². The van der Waals surface area contributed by atoms with Gasteiger partial charge in [-0.3, -0.25) is 0 Å². The van der Waals surface area contributed by atoms with E-state index in [0.717, 1.165) is 35.8 Å². The lowest BCUT2D eigenvalue weighted by Gasteiger charge is -2.12. The molecule has 0 aliphatic heterocycles. The van der Waals surface area contributed by atoms with Crippen LogP contribution in [0.5, 0.6) is 17.2 Å². The molecule has 158 valence electrons. The molecule has 0 aliphatic carbocycles. The van der Waals surface area contributed by atoms with E-state index in [1.165, 1.54) is 11.1 Å². The van der Waals surface area contributed by atoms with Gasteiger partial charge in [-0.15, -0.1) is 0 Å². The summed E-state index contributed by atoms with van der Waals surface area (Å²) >= 11 is 0. The zero-order valence-electron chi connectivity index (χ0n) is 17.6. The lowest BCUT2D eigenvalue weighted by Crippen LogP contribution is -2.87. The fourth-order valence-corrected chi connectivity index (χ4v) is 3.25. The number of aliphatic hydroxyl groups excluding tert-OH is 1. The summed E-state index contributed by atoms with van der Waals surface area (Å²) < 4.78 is 16.3. The number of aliphatic hydroxyl groups is 1. The largest absolute Gasteiger partial charge is 0.493 e. The number of rotatable bonds is 11. The Labute approximate surface area is 178 Å². The lowest BCUT2D eigenvalue weighted by atomic mass is 10.1. The highest BCUT2D eigenvalue weighted by Gasteiger charge is 2.09. The number of hydrogen-bond donors (Lipinski definition) is 2. The fourth-order valence-electron chi connectivity index (χ4n) is 3.25. The van der Waals surface area contributed by atoms with Crippen molar-refractivity contribution in [2.75, 3.05) is 33.9 Å². The van der Waals surface area contributed by atoms with Crippen LogP contribution in [0.25, 0.3) is 11.1 Å². The van der Waals surface area contributed by atoms with Gasteiger partial charge in [0.1, 0.15) is 25.0 Å². The summed E-state index contributed by atoms with van der Waals surface area (Å²) in [6.45, 7) is 1.74. The Morgan fingerprint density at radius 1 is 0.833 bits per heavy atom. The van der Waals surface area contributed by atoms with Gasteiger partial charge in [0.15, 0.2) is 11.5 Å². The summed E-state index contributed by atoms with van der Waals surface area (Å²) in [5.41, 5.74) is 3.49. The van der Waals surface area contributed by atoms with Crippen LogP contribution in [0.2, 0.25) is 0 Å². The Bertz CT molecular complexity index is 897. The molecule has 0 heterocycles.